The van der Waals surface area contributed by atoms with Crippen LogP contribution in [-0.2, 0) is 14.8 Å². The topological polar surface area (TPSA) is 75.7 Å². The minimum atomic E-state index is -4.12. The second-order valence-electron chi connectivity index (χ2n) is 6.58. The molecule has 0 saturated heterocycles. The minimum Gasteiger partial charge on any atom is -0.497 e. The normalized spacial score (nSPS) is 11.0. The zero-order valence-electron chi connectivity index (χ0n) is 16.5. The summed E-state index contributed by atoms with van der Waals surface area (Å²) in [5.41, 5.74) is 1.87. The maximum Gasteiger partial charge on any atom is 0.264 e. The Morgan fingerprint density at radius 2 is 1.57 bits per heavy atom. The van der Waals surface area contributed by atoms with Gasteiger partial charge in [-0.15, -0.1) is 0 Å². The van der Waals surface area contributed by atoms with Crippen molar-refractivity contribution in [3.05, 3.63) is 84.2 Å². The standard InChI is InChI=1S/C22H21FN2O4S/c1-16-3-7-18(8-4-16)24-22(26)15-25(19-9-11-20(29-2)12-10-19)30(27,28)21-13-5-17(23)6-14-21/h3-14H,15H2,1-2H3,(H,24,26). The number of benzene rings is 3. The Bertz CT molecular complexity index is 1110. The molecule has 0 radical (unpaired) electrons. The summed E-state index contributed by atoms with van der Waals surface area (Å²) < 4.78 is 45.8. The maximum atomic E-state index is 13.3. The van der Waals surface area contributed by atoms with Crippen molar-refractivity contribution in [1.29, 1.82) is 0 Å². The lowest BCUT2D eigenvalue weighted by Gasteiger charge is -2.24. The monoisotopic (exact) mass is 428 g/mol. The molecule has 0 unspecified atom stereocenters. The van der Waals surface area contributed by atoms with Gasteiger partial charge in [-0.1, -0.05) is 17.7 Å². The second kappa shape index (κ2) is 8.96. The molecule has 0 bridgehead atoms. The molecular weight excluding hydrogens is 407 g/mol. The van der Waals surface area contributed by atoms with E-state index in [0.717, 1.165) is 22.0 Å². The van der Waals surface area contributed by atoms with E-state index in [0.29, 0.717) is 11.4 Å². The van der Waals surface area contributed by atoms with Gasteiger partial charge in [-0.2, -0.15) is 0 Å². The van der Waals surface area contributed by atoms with Gasteiger partial charge in [0.2, 0.25) is 5.91 Å². The van der Waals surface area contributed by atoms with Crippen molar-refractivity contribution < 1.29 is 22.3 Å². The fourth-order valence-electron chi connectivity index (χ4n) is 2.77. The fourth-order valence-corrected chi connectivity index (χ4v) is 4.19. The third-order valence-electron chi connectivity index (χ3n) is 4.38. The summed E-state index contributed by atoms with van der Waals surface area (Å²) >= 11 is 0. The van der Waals surface area contributed by atoms with Gasteiger partial charge >= 0.3 is 0 Å². The Labute approximate surface area is 175 Å². The number of sulfonamides is 1. The van der Waals surface area contributed by atoms with Gasteiger partial charge in [0.1, 0.15) is 18.1 Å². The van der Waals surface area contributed by atoms with Crippen molar-refractivity contribution in [2.45, 2.75) is 11.8 Å². The van der Waals surface area contributed by atoms with Crippen LogP contribution in [0.25, 0.3) is 0 Å². The molecule has 0 heterocycles. The molecule has 3 aromatic rings. The molecule has 0 atom stereocenters. The lowest BCUT2D eigenvalue weighted by atomic mass is 10.2. The van der Waals surface area contributed by atoms with Crippen LogP contribution in [-0.4, -0.2) is 28.0 Å². The molecule has 1 N–H and O–H groups in total. The van der Waals surface area contributed by atoms with Gasteiger partial charge < -0.3 is 10.1 Å². The summed E-state index contributed by atoms with van der Waals surface area (Å²) in [6.07, 6.45) is 0. The van der Waals surface area contributed by atoms with Gasteiger partial charge in [0.25, 0.3) is 10.0 Å². The molecule has 0 aliphatic rings. The Hall–Kier alpha value is -3.39. The number of nitrogens with zero attached hydrogens (tertiary/aromatic N) is 1. The highest BCUT2D eigenvalue weighted by Crippen LogP contribution is 2.26. The van der Waals surface area contributed by atoms with Crippen LogP contribution >= 0.6 is 0 Å². The summed E-state index contributed by atoms with van der Waals surface area (Å²) in [5.74, 6) is -0.524. The van der Waals surface area contributed by atoms with Crippen molar-refractivity contribution in [2.75, 3.05) is 23.3 Å². The predicted molar refractivity (Wildman–Crippen MR) is 114 cm³/mol. The SMILES string of the molecule is COc1ccc(N(CC(=O)Nc2ccc(C)cc2)S(=O)(=O)c2ccc(F)cc2)cc1. The number of rotatable bonds is 7. The van der Waals surface area contributed by atoms with E-state index < -0.39 is 28.3 Å². The van der Waals surface area contributed by atoms with Crippen molar-refractivity contribution in [3.8, 4) is 5.75 Å². The first-order valence-corrected chi connectivity index (χ1v) is 10.5. The van der Waals surface area contributed by atoms with Gasteiger partial charge in [-0.05, 0) is 67.6 Å². The minimum absolute atomic E-state index is 0.122. The van der Waals surface area contributed by atoms with Crippen LogP contribution in [0.15, 0.2) is 77.7 Å². The fraction of sp³-hybridized carbons (Fsp3) is 0.136. The first kappa shape index (κ1) is 21.3. The lowest BCUT2D eigenvalue weighted by molar-refractivity contribution is -0.114. The number of hydrogen-bond donors (Lipinski definition) is 1. The molecule has 0 aliphatic heterocycles. The molecule has 8 heteroatoms. The number of anilines is 2. The zero-order chi connectivity index (χ0) is 21.7. The average Bonchev–Trinajstić information content (AvgIpc) is 2.74. The molecule has 3 rings (SSSR count). The Morgan fingerprint density at radius 1 is 0.967 bits per heavy atom. The van der Waals surface area contributed by atoms with Crippen LogP contribution in [0, 0.1) is 12.7 Å². The number of hydrogen-bond acceptors (Lipinski definition) is 4. The van der Waals surface area contributed by atoms with E-state index >= 15 is 0 Å². The number of nitrogens with one attached hydrogen (secondary N) is 1. The first-order valence-electron chi connectivity index (χ1n) is 9.08. The van der Waals surface area contributed by atoms with Crippen molar-refractivity contribution in [2.24, 2.45) is 0 Å². The Kier molecular flexibility index (Phi) is 6.37. The van der Waals surface area contributed by atoms with Crippen molar-refractivity contribution in [3.63, 3.8) is 0 Å². The highest BCUT2D eigenvalue weighted by molar-refractivity contribution is 7.92. The number of aryl methyl sites for hydroxylation is 1. The number of amides is 1. The van der Waals surface area contributed by atoms with Gasteiger partial charge in [-0.25, -0.2) is 12.8 Å². The van der Waals surface area contributed by atoms with Crippen molar-refractivity contribution >= 4 is 27.3 Å². The van der Waals surface area contributed by atoms with Gasteiger partial charge in [0, 0.05) is 5.69 Å². The summed E-state index contributed by atoms with van der Waals surface area (Å²) in [5, 5.41) is 2.69. The molecule has 0 spiro atoms. The largest absolute Gasteiger partial charge is 0.497 e. The molecule has 156 valence electrons. The van der Waals surface area contributed by atoms with Crippen LogP contribution < -0.4 is 14.4 Å². The third-order valence-corrected chi connectivity index (χ3v) is 6.17. The molecule has 0 fully saturated rings. The predicted octanol–water partition coefficient (Wildman–Crippen LogP) is 3.98. The smallest absolute Gasteiger partial charge is 0.264 e. The summed E-state index contributed by atoms with van der Waals surface area (Å²) in [4.78, 5) is 12.5. The molecule has 30 heavy (non-hydrogen) atoms. The number of carbonyl (C=O) groups excluding carboxylic acids is 1. The molecule has 6 nitrogen and oxygen atoms in total. The Balaban J connectivity index is 1.93. The first-order chi connectivity index (χ1) is 14.3. The number of carbonyl (C=O) groups is 1. The number of halogens is 1. The van der Waals surface area contributed by atoms with E-state index in [2.05, 4.69) is 5.32 Å². The van der Waals surface area contributed by atoms with E-state index in [-0.39, 0.29) is 10.6 Å². The van der Waals surface area contributed by atoms with E-state index in [1.165, 1.54) is 19.2 Å². The second-order valence-corrected chi connectivity index (χ2v) is 8.44. The van der Waals surface area contributed by atoms with Crippen LogP contribution in [0.3, 0.4) is 0 Å². The lowest BCUT2D eigenvalue weighted by Crippen LogP contribution is -2.38. The highest BCUT2D eigenvalue weighted by Gasteiger charge is 2.27. The van der Waals surface area contributed by atoms with Gasteiger partial charge in [0.15, 0.2) is 0 Å². The van der Waals surface area contributed by atoms with Crippen LogP contribution in [0.5, 0.6) is 5.75 Å². The zero-order valence-corrected chi connectivity index (χ0v) is 17.3. The molecule has 0 aromatic heterocycles. The third kappa shape index (κ3) is 4.96. The van der Waals surface area contributed by atoms with E-state index in [1.807, 2.05) is 19.1 Å². The van der Waals surface area contributed by atoms with Gasteiger partial charge in [0.05, 0.1) is 17.7 Å². The average molecular weight is 428 g/mol. The van der Waals surface area contributed by atoms with E-state index in [9.17, 15) is 17.6 Å². The van der Waals surface area contributed by atoms with E-state index in [1.54, 1.807) is 36.4 Å². The summed E-state index contributed by atoms with van der Waals surface area (Å²) in [6.45, 7) is 1.46. The molecular formula is C22H21FN2O4S. The summed E-state index contributed by atoms with van der Waals surface area (Å²) in [7, 11) is -2.62. The van der Waals surface area contributed by atoms with Crippen molar-refractivity contribution in [1.82, 2.24) is 0 Å². The van der Waals surface area contributed by atoms with Crippen LogP contribution in [0.4, 0.5) is 15.8 Å². The van der Waals surface area contributed by atoms with Crippen LogP contribution in [0.1, 0.15) is 5.56 Å². The number of ether oxygens (including phenoxy) is 1. The molecule has 1 amide bonds. The maximum absolute atomic E-state index is 13.3. The van der Waals surface area contributed by atoms with Crippen LogP contribution in [0.2, 0.25) is 0 Å². The summed E-state index contributed by atoms with van der Waals surface area (Å²) in [6, 6.07) is 17.9. The van der Waals surface area contributed by atoms with E-state index in [4.69, 9.17) is 4.74 Å². The van der Waals surface area contributed by atoms with Gasteiger partial charge in [-0.3, -0.25) is 9.10 Å². The quantitative estimate of drug-likeness (QED) is 0.618. The molecule has 0 aliphatic carbocycles. The highest BCUT2D eigenvalue weighted by atomic mass is 32.2. The molecule has 3 aromatic carbocycles. The Morgan fingerprint density at radius 3 is 2.13 bits per heavy atom. The molecule has 0 saturated carbocycles. The number of methoxy groups -OCH3 is 1.